The van der Waals surface area contributed by atoms with Crippen LogP contribution in [0.1, 0.15) is 6.42 Å². The van der Waals surface area contributed by atoms with Crippen LogP contribution in [0.25, 0.3) is 0 Å². The number of hydrogen-bond acceptors (Lipinski definition) is 7. The molecule has 0 aromatic carbocycles. The van der Waals surface area contributed by atoms with E-state index in [1.54, 1.807) is 0 Å². The van der Waals surface area contributed by atoms with E-state index in [0.29, 0.717) is 5.75 Å². The molecule has 1 atom stereocenters. The lowest BCUT2D eigenvalue weighted by Crippen LogP contribution is -2.41. The minimum Gasteiger partial charge on any atom is -0.481 e. The van der Waals surface area contributed by atoms with E-state index in [-0.39, 0.29) is 12.2 Å². The summed E-state index contributed by atoms with van der Waals surface area (Å²) in [5.74, 6) is -2.73. The van der Waals surface area contributed by atoms with Crippen LogP contribution < -0.4 is 5.32 Å². The molecule has 112 valence electrons. The van der Waals surface area contributed by atoms with Gasteiger partial charge in [-0.05, 0) is 0 Å². The molecule has 3 N–H and O–H groups in total. The summed E-state index contributed by atoms with van der Waals surface area (Å²) in [5, 5.41) is 36.4. The van der Waals surface area contributed by atoms with Gasteiger partial charge in [-0.15, -0.1) is 0 Å². The van der Waals surface area contributed by atoms with E-state index in [2.05, 4.69) is 5.32 Å². The molecule has 0 aromatic heterocycles. The quantitative estimate of drug-likeness (QED) is 0.236. The van der Waals surface area contributed by atoms with Crippen molar-refractivity contribution in [2.45, 2.75) is 12.5 Å². The fourth-order valence-electron chi connectivity index (χ4n) is 0.913. The minimum absolute atomic E-state index is 0.0215. The number of allylic oxidation sites excluding steroid dienone is 1. The smallest absolute Gasteiger partial charge is 0.327 e. The summed E-state index contributed by atoms with van der Waals surface area (Å²) in [6, 6.07) is 1.77. The number of aliphatic carboxylic acids is 2. The molecular weight excluding hydrogens is 318 g/mol. The number of nitrogens with one attached hydrogen (secondary N) is 1. The third-order valence-corrected chi connectivity index (χ3v) is 4.26. The van der Waals surface area contributed by atoms with Gasteiger partial charge in [-0.2, -0.15) is 10.5 Å². The van der Waals surface area contributed by atoms with Crippen LogP contribution in [0.4, 0.5) is 0 Å². The first-order chi connectivity index (χ1) is 9.90. The molecule has 0 saturated heterocycles. The second kappa shape index (κ2) is 10.6. The second-order valence-electron chi connectivity index (χ2n) is 3.43. The molecule has 0 bridgehead atoms. The molecule has 10 heteroatoms. The van der Waals surface area contributed by atoms with Crippen LogP contribution in [0.5, 0.6) is 0 Å². The molecule has 0 spiro atoms. The Morgan fingerprint density at radius 1 is 1.19 bits per heavy atom. The first kappa shape index (κ1) is 18.8. The normalized spacial score (nSPS) is 10.6. The summed E-state index contributed by atoms with van der Waals surface area (Å²) in [6.45, 7) is 0. The first-order valence-corrected chi connectivity index (χ1v) is 7.91. The van der Waals surface area contributed by atoms with Crippen LogP contribution in [-0.2, 0) is 14.4 Å². The molecule has 1 amide bonds. The van der Waals surface area contributed by atoms with Crippen molar-refractivity contribution in [1.82, 2.24) is 5.32 Å². The molecule has 0 radical (unpaired) electrons. The Bertz CT molecular complexity index is 505. The molecule has 0 saturated carbocycles. The van der Waals surface area contributed by atoms with E-state index < -0.39 is 29.5 Å². The average Bonchev–Trinajstić information content (AvgIpc) is 2.42. The molecule has 0 aliphatic rings. The van der Waals surface area contributed by atoms with Gasteiger partial charge >= 0.3 is 11.9 Å². The van der Waals surface area contributed by atoms with Gasteiger partial charge in [-0.1, -0.05) is 21.6 Å². The zero-order valence-corrected chi connectivity index (χ0v) is 12.2. The van der Waals surface area contributed by atoms with Gasteiger partial charge < -0.3 is 15.5 Å². The molecule has 0 rings (SSSR count). The van der Waals surface area contributed by atoms with E-state index in [9.17, 15) is 14.4 Å². The van der Waals surface area contributed by atoms with Gasteiger partial charge in [-0.3, -0.25) is 9.59 Å². The maximum atomic E-state index is 11.4. The standard InChI is InChI=1S/C11H11N3O5S2/c12-4-7(5-13)3-9(15)14-8(11(18)19)6-21-20-2-1-10(16)17/h3,8H,1-2,6H2,(H,14,15)(H,16,17)(H,18,19). The number of rotatable bonds is 9. The fraction of sp³-hybridized carbons (Fsp3) is 0.364. The van der Waals surface area contributed by atoms with Crippen molar-refractivity contribution in [2.75, 3.05) is 11.5 Å². The van der Waals surface area contributed by atoms with Crippen molar-refractivity contribution < 1.29 is 24.6 Å². The van der Waals surface area contributed by atoms with Crippen LogP contribution in [0.15, 0.2) is 11.6 Å². The Morgan fingerprint density at radius 2 is 1.81 bits per heavy atom. The van der Waals surface area contributed by atoms with Gasteiger partial charge in [0.25, 0.3) is 0 Å². The van der Waals surface area contributed by atoms with Crippen LogP contribution in [0.2, 0.25) is 0 Å². The minimum atomic E-state index is -1.27. The van der Waals surface area contributed by atoms with E-state index in [1.807, 2.05) is 0 Å². The summed E-state index contributed by atoms with van der Waals surface area (Å²) in [6.07, 6.45) is 0.677. The van der Waals surface area contributed by atoms with E-state index in [0.717, 1.165) is 16.9 Å². The molecule has 0 aliphatic heterocycles. The predicted molar refractivity (Wildman–Crippen MR) is 76.0 cm³/mol. The summed E-state index contributed by atoms with van der Waals surface area (Å²) in [5.41, 5.74) is -0.430. The Balaban J connectivity index is 4.33. The zero-order valence-electron chi connectivity index (χ0n) is 10.6. The van der Waals surface area contributed by atoms with E-state index in [1.165, 1.54) is 22.9 Å². The maximum Gasteiger partial charge on any atom is 0.327 e. The van der Waals surface area contributed by atoms with Gasteiger partial charge in [0.1, 0.15) is 23.8 Å². The number of hydrogen-bond donors (Lipinski definition) is 3. The molecule has 21 heavy (non-hydrogen) atoms. The summed E-state index contributed by atoms with van der Waals surface area (Å²) in [7, 11) is 2.29. The average molecular weight is 329 g/mol. The molecule has 1 unspecified atom stereocenters. The van der Waals surface area contributed by atoms with E-state index in [4.69, 9.17) is 20.7 Å². The second-order valence-corrected chi connectivity index (χ2v) is 6.06. The highest BCUT2D eigenvalue weighted by Gasteiger charge is 2.19. The molecule has 0 heterocycles. The number of nitriles is 2. The van der Waals surface area contributed by atoms with Crippen LogP contribution in [0, 0.1) is 22.7 Å². The Labute approximate surface area is 128 Å². The summed E-state index contributed by atoms with van der Waals surface area (Å²) >= 11 is 0. The van der Waals surface area contributed by atoms with Crippen LogP contribution in [-0.4, -0.2) is 45.6 Å². The zero-order chi connectivity index (χ0) is 16.3. The fourth-order valence-corrected chi connectivity index (χ4v) is 3.05. The molecular formula is C11H11N3O5S2. The number of carbonyl (C=O) groups excluding carboxylic acids is 1. The highest BCUT2D eigenvalue weighted by Crippen LogP contribution is 2.22. The highest BCUT2D eigenvalue weighted by molar-refractivity contribution is 8.76. The van der Waals surface area contributed by atoms with Crippen molar-refractivity contribution >= 4 is 39.4 Å². The molecule has 8 nitrogen and oxygen atoms in total. The summed E-state index contributed by atoms with van der Waals surface area (Å²) < 4.78 is 0. The largest absolute Gasteiger partial charge is 0.481 e. The predicted octanol–water partition coefficient (Wildman–Crippen LogP) is 0.385. The van der Waals surface area contributed by atoms with Crippen molar-refractivity contribution in [2.24, 2.45) is 0 Å². The van der Waals surface area contributed by atoms with Crippen molar-refractivity contribution in [3.8, 4) is 12.1 Å². The third kappa shape index (κ3) is 9.38. The Hall–Kier alpha value is -2.17. The monoisotopic (exact) mass is 329 g/mol. The van der Waals surface area contributed by atoms with Crippen molar-refractivity contribution in [3.05, 3.63) is 11.6 Å². The topological polar surface area (TPSA) is 151 Å². The van der Waals surface area contributed by atoms with Crippen molar-refractivity contribution in [3.63, 3.8) is 0 Å². The summed E-state index contributed by atoms with van der Waals surface area (Å²) in [4.78, 5) is 32.6. The lowest BCUT2D eigenvalue weighted by Gasteiger charge is -2.12. The third-order valence-electron chi connectivity index (χ3n) is 1.85. The number of carboxylic acids is 2. The first-order valence-electron chi connectivity index (χ1n) is 5.42. The Kier molecular flexibility index (Phi) is 9.50. The highest BCUT2D eigenvalue weighted by atomic mass is 33.1. The van der Waals surface area contributed by atoms with Gasteiger partial charge in [0.05, 0.1) is 6.42 Å². The van der Waals surface area contributed by atoms with Crippen LogP contribution >= 0.6 is 21.6 Å². The molecule has 0 fully saturated rings. The lowest BCUT2D eigenvalue weighted by molar-refractivity contribution is -0.140. The number of carbonyl (C=O) groups is 3. The lowest BCUT2D eigenvalue weighted by atomic mass is 10.2. The van der Waals surface area contributed by atoms with Crippen LogP contribution in [0.3, 0.4) is 0 Å². The van der Waals surface area contributed by atoms with E-state index >= 15 is 0 Å². The van der Waals surface area contributed by atoms with Crippen molar-refractivity contribution in [1.29, 1.82) is 10.5 Å². The number of carboxylic acid groups (broad SMARTS) is 2. The number of amides is 1. The van der Waals surface area contributed by atoms with Gasteiger partial charge in [0.2, 0.25) is 5.91 Å². The SMILES string of the molecule is N#CC(C#N)=CC(=O)NC(CSSCCC(=O)O)C(=O)O. The number of nitrogens with zero attached hydrogens (tertiary/aromatic N) is 2. The Morgan fingerprint density at radius 3 is 2.29 bits per heavy atom. The maximum absolute atomic E-state index is 11.4. The van der Waals surface area contributed by atoms with Gasteiger partial charge in [0, 0.05) is 17.6 Å². The molecule has 0 aliphatic carbocycles. The molecule has 0 aromatic rings. The van der Waals surface area contributed by atoms with Gasteiger partial charge in [0.15, 0.2) is 0 Å². The van der Waals surface area contributed by atoms with Gasteiger partial charge in [-0.25, -0.2) is 4.79 Å².